The average molecular weight is 316 g/mol. The van der Waals surface area contributed by atoms with Crippen LogP contribution in [-0.4, -0.2) is 22.8 Å². The van der Waals surface area contributed by atoms with Gasteiger partial charge in [0.1, 0.15) is 0 Å². The van der Waals surface area contributed by atoms with Crippen LogP contribution in [0.4, 0.5) is 0 Å². The molecule has 23 heavy (non-hydrogen) atoms. The molecule has 0 radical (unpaired) electrons. The molecule has 0 aliphatic heterocycles. The number of carbonyl (C=O) groups excluding carboxylic acids is 2. The van der Waals surface area contributed by atoms with Gasteiger partial charge in [0, 0.05) is 16.6 Å². The van der Waals surface area contributed by atoms with Crippen molar-refractivity contribution in [2.75, 3.05) is 0 Å². The van der Waals surface area contributed by atoms with Gasteiger partial charge in [-0.3, -0.25) is 9.59 Å². The summed E-state index contributed by atoms with van der Waals surface area (Å²) in [5, 5.41) is 10.7. The molecule has 1 unspecified atom stereocenters. The second-order valence-corrected chi connectivity index (χ2v) is 8.81. The van der Waals surface area contributed by atoms with E-state index < -0.39 is 6.10 Å². The molecule has 3 aliphatic rings. The minimum atomic E-state index is -0.633. The van der Waals surface area contributed by atoms with Crippen LogP contribution < -0.4 is 0 Å². The molecule has 3 aliphatic carbocycles. The van der Waals surface area contributed by atoms with Crippen LogP contribution in [0.25, 0.3) is 0 Å². The van der Waals surface area contributed by atoms with Crippen molar-refractivity contribution in [2.24, 2.45) is 22.7 Å². The maximum Gasteiger partial charge on any atom is 0.230 e. The van der Waals surface area contributed by atoms with Gasteiger partial charge in [-0.05, 0) is 48.2 Å². The molecule has 1 saturated carbocycles. The molecule has 126 valence electrons. The van der Waals surface area contributed by atoms with Crippen LogP contribution in [0.2, 0.25) is 0 Å². The summed E-state index contributed by atoms with van der Waals surface area (Å²) in [6, 6.07) is 0. The predicted molar refractivity (Wildman–Crippen MR) is 89.8 cm³/mol. The molecule has 1 N–H and O–H groups in total. The first-order valence-electron chi connectivity index (χ1n) is 8.83. The van der Waals surface area contributed by atoms with Crippen LogP contribution in [0.1, 0.15) is 60.3 Å². The van der Waals surface area contributed by atoms with Gasteiger partial charge in [0.25, 0.3) is 0 Å². The van der Waals surface area contributed by atoms with Crippen molar-refractivity contribution in [1.29, 1.82) is 0 Å². The third-order valence-electron chi connectivity index (χ3n) is 6.54. The summed E-state index contributed by atoms with van der Waals surface area (Å²) in [7, 11) is 0. The Bertz CT molecular complexity index is 635. The molecule has 3 rings (SSSR count). The van der Waals surface area contributed by atoms with E-state index in [1.807, 2.05) is 19.9 Å². The van der Waals surface area contributed by atoms with Crippen LogP contribution in [-0.2, 0) is 9.59 Å². The largest absolute Gasteiger partial charge is 0.388 e. The molecule has 0 saturated heterocycles. The lowest BCUT2D eigenvalue weighted by atomic mass is 9.48. The maximum atomic E-state index is 12.9. The number of Topliss-reactive ketones (excluding diaryl/α,β-unsaturated/α-hetero) is 2. The highest BCUT2D eigenvalue weighted by atomic mass is 16.3. The topological polar surface area (TPSA) is 54.4 Å². The van der Waals surface area contributed by atoms with Crippen molar-refractivity contribution in [3.8, 4) is 0 Å². The highest BCUT2D eigenvalue weighted by molar-refractivity contribution is 6.50. The normalized spacial score (nSPS) is 36.7. The quantitative estimate of drug-likeness (QED) is 0.594. The van der Waals surface area contributed by atoms with E-state index in [1.165, 1.54) is 0 Å². The Morgan fingerprint density at radius 1 is 1.13 bits per heavy atom. The highest BCUT2D eigenvalue weighted by Gasteiger charge is 2.55. The monoisotopic (exact) mass is 316 g/mol. The number of carbonyl (C=O) groups is 2. The minimum absolute atomic E-state index is 0.000950. The Labute approximate surface area is 138 Å². The highest BCUT2D eigenvalue weighted by Crippen LogP contribution is 2.60. The Morgan fingerprint density at radius 2 is 1.78 bits per heavy atom. The SMILES string of the molecule is CC(C)C1=CC2=C(C(=O)C1=O)[C@@]1(C)CCCC(C)(C)C1C[C@@H]2O. The number of aliphatic hydroxyl groups excluding tert-OH is 1. The molecule has 0 spiro atoms. The van der Waals surface area contributed by atoms with E-state index in [4.69, 9.17) is 0 Å². The first kappa shape index (κ1) is 16.6. The lowest BCUT2D eigenvalue weighted by Crippen LogP contribution is -2.52. The standard InChI is InChI=1S/C20H28O3/c1-11(2)12-9-13-14(21)10-15-19(3,4)7-6-8-20(15,5)16(13)18(23)17(12)22/h9,11,14-15,21H,6-8,10H2,1-5H3/t14-,15?,20-/m0/s1. The van der Waals surface area contributed by atoms with E-state index >= 15 is 0 Å². The second-order valence-electron chi connectivity index (χ2n) is 8.81. The van der Waals surface area contributed by atoms with Crippen LogP contribution in [0.5, 0.6) is 0 Å². The van der Waals surface area contributed by atoms with Gasteiger partial charge in [-0.25, -0.2) is 0 Å². The van der Waals surface area contributed by atoms with Crippen LogP contribution in [0.15, 0.2) is 22.8 Å². The van der Waals surface area contributed by atoms with E-state index in [-0.39, 0.29) is 34.2 Å². The Balaban J connectivity index is 2.20. The second kappa shape index (κ2) is 5.14. The summed E-state index contributed by atoms with van der Waals surface area (Å²) in [4.78, 5) is 25.5. The first-order valence-corrected chi connectivity index (χ1v) is 8.83. The molecule has 0 aromatic rings. The number of ketones is 2. The van der Waals surface area contributed by atoms with Gasteiger partial charge in [0.15, 0.2) is 0 Å². The fourth-order valence-electron chi connectivity index (χ4n) is 5.31. The average Bonchev–Trinajstić information content (AvgIpc) is 2.43. The maximum absolute atomic E-state index is 12.9. The van der Waals surface area contributed by atoms with Gasteiger partial charge in [-0.1, -0.05) is 41.0 Å². The van der Waals surface area contributed by atoms with Gasteiger partial charge in [0.2, 0.25) is 11.6 Å². The molecule has 0 aromatic carbocycles. The summed E-state index contributed by atoms with van der Waals surface area (Å²) in [6.07, 6.45) is 4.97. The van der Waals surface area contributed by atoms with Crippen molar-refractivity contribution in [2.45, 2.75) is 66.4 Å². The summed E-state index contributed by atoms with van der Waals surface area (Å²) >= 11 is 0. The zero-order chi connectivity index (χ0) is 17.2. The van der Waals surface area contributed by atoms with Crippen molar-refractivity contribution in [3.05, 3.63) is 22.8 Å². The molecule has 3 nitrogen and oxygen atoms in total. The van der Waals surface area contributed by atoms with E-state index in [0.717, 1.165) is 24.8 Å². The van der Waals surface area contributed by atoms with Crippen molar-refractivity contribution < 1.29 is 14.7 Å². The zero-order valence-corrected chi connectivity index (χ0v) is 14.9. The lowest BCUT2D eigenvalue weighted by molar-refractivity contribution is -0.135. The molecular formula is C20H28O3. The minimum Gasteiger partial charge on any atom is -0.388 e. The van der Waals surface area contributed by atoms with Crippen molar-refractivity contribution in [3.63, 3.8) is 0 Å². The fourth-order valence-corrected chi connectivity index (χ4v) is 5.31. The predicted octanol–water partition coefficient (Wildman–Crippen LogP) is 3.61. The molecule has 0 heterocycles. The molecule has 3 heteroatoms. The summed E-state index contributed by atoms with van der Waals surface area (Å²) in [6.45, 7) is 10.5. The van der Waals surface area contributed by atoms with Gasteiger partial charge in [-0.2, -0.15) is 0 Å². The zero-order valence-electron chi connectivity index (χ0n) is 14.9. The van der Waals surface area contributed by atoms with Gasteiger partial charge >= 0.3 is 0 Å². The van der Waals surface area contributed by atoms with Crippen molar-refractivity contribution in [1.82, 2.24) is 0 Å². The molecule has 3 atom stereocenters. The van der Waals surface area contributed by atoms with E-state index in [9.17, 15) is 14.7 Å². The number of aliphatic hydroxyl groups is 1. The van der Waals surface area contributed by atoms with Crippen LogP contribution in [0.3, 0.4) is 0 Å². The fraction of sp³-hybridized carbons (Fsp3) is 0.700. The third kappa shape index (κ3) is 2.27. The van der Waals surface area contributed by atoms with Gasteiger partial charge < -0.3 is 5.11 Å². The molecule has 1 fully saturated rings. The Hall–Kier alpha value is -1.22. The first-order chi connectivity index (χ1) is 10.6. The molecule has 0 aromatic heterocycles. The van der Waals surface area contributed by atoms with Gasteiger partial charge in [-0.15, -0.1) is 0 Å². The smallest absolute Gasteiger partial charge is 0.230 e. The summed E-state index contributed by atoms with van der Waals surface area (Å²) in [5.41, 5.74) is 1.67. The van der Waals surface area contributed by atoms with E-state index in [0.29, 0.717) is 17.6 Å². The van der Waals surface area contributed by atoms with Gasteiger partial charge in [0.05, 0.1) is 6.10 Å². The number of hydrogen-bond donors (Lipinski definition) is 1. The Kier molecular flexibility index (Phi) is 3.72. The van der Waals surface area contributed by atoms with Crippen LogP contribution >= 0.6 is 0 Å². The number of allylic oxidation sites excluding steroid dienone is 2. The van der Waals surface area contributed by atoms with Crippen LogP contribution in [0, 0.1) is 22.7 Å². The Morgan fingerprint density at radius 3 is 2.39 bits per heavy atom. The third-order valence-corrected chi connectivity index (χ3v) is 6.54. The number of hydrogen-bond acceptors (Lipinski definition) is 3. The lowest BCUT2D eigenvalue weighted by Gasteiger charge is -2.55. The van der Waals surface area contributed by atoms with E-state index in [1.54, 1.807) is 0 Å². The number of rotatable bonds is 1. The summed E-state index contributed by atoms with van der Waals surface area (Å²) < 4.78 is 0. The molecule has 0 amide bonds. The molecular weight excluding hydrogens is 288 g/mol. The number of fused-ring (bicyclic) bond motifs is 2. The van der Waals surface area contributed by atoms with Crippen molar-refractivity contribution >= 4 is 11.6 Å². The summed E-state index contributed by atoms with van der Waals surface area (Å²) in [5.74, 6) is -0.490. The van der Waals surface area contributed by atoms with E-state index in [2.05, 4.69) is 20.8 Å². The molecule has 0 bridgehead atoms.